The van der Waals surface area contributed by atoms with Crippen LogP contribution < -0.4 is 10.0 Å². The summed E-state index contributed by atoms with van der Waals surface area (Å²) in [5.41, 5.74) is 1.09. The first-order chi connectivity index (χ1) is 12.8. The SMILES string of the molecule is COCC(C)NS(=O)(=O)c1ccc(NCCc2ccccc2)c([N+](=O)[O-])c1. The molecule has 1 unspecified atom stereocenters. The number of hydrogen-bond acceptors (Lipinski definition) is 6. The summed E-state index contributed by atoms with van der Waals surface area (Å²) < 4.78 is 32.1. The summed E-state index contributed by atoms with van der Waals surface area (Å²) in [6.45, 7) is 2.33. The van der Waals surface area contributed by atoms with Crippen molar-refractivity contribution in [2.24, 2.45) is 0 Å². The third-order valence-electron chi connectivity index (χ3n) is 3.82. The van der Waals surface area contributed by atoms with Gasteiger partial charge in [0.15, 0.2) is 0 Å². The summed E-state index contributed by atoms with van der Waals surface area (Å²) in [4.78, 5) is 10.6. The number of ether oxygens (including phenoxy) is 1. The van der Waals surface area contributed by atoms with E-state index >= 15 is 0 Å². The van der Waals surface area contributed by atoms with Crippen LogP contribution in [0.1, 0.15) is 12.5 Å². The Morgan fingerprint density at radius 3 is 2.52 bits per heavy atom. The number of rotatable bonds is 10. The molecule has 0 radical (unpaired) electrons. The Bertz CT molecular complexity index is 872. The maximum atomic E-state index is 12.4. The first-order valence-electron chi connectivity index (χ1n) is 8.41. The highest BCUT2D eigenvalue weighted by molar-refractivity contribution is 7.89. The van der Waals surface area contributed by atoms with E-state index in [4.69, 9.17) is 4.74 Å². The molecule has 0 amide bonds. The van der Waals surface area contributed by atoms with E-state index in [1.54, 1.807) is 6.92 Å². The lowest BCUT2D eigenvalue weighted by molar-refractivity contribution is -0.384. The van der Waals surface area contributed by atoms with E-state index < -0.39 is 21.0 Å². The van der Waals surface area contributed by atoms with Gasteiger partial charge in [0.25, 0.3) is 5.69 Å². The average Bonchev–Trinajstić information content (AvgIpc) is 2.62. The number of nitro benzene ring substituents is 1. The van der Waals surface area contributed by atoms with Gasteiger partial charge < -0.3 is 10.1 Å². The Hall–Kier alpha value is -2.49. The summed E-state index contributed by atoms with van der Waals surface area (Å²) in [6.07, 6.45) is 0.689. The number of methoxy groups -OCH3 is 1. The number of hydrogen-bond donors (Lipinski definition) is 2. The van der Waals surface area contributed by atoms with E-state index in [0.717, 1.165) is 11.6 Å². The second-order valence-corrected chi connectivity index (χ2v) is 7.79. The van der Waals surface area contributed by atoms with Crippen LogP contribution in [-0.2, 0) is 21.2 Å². The van der Waals surface area contributed by atoms with Crippen LogP contribution in [0.2, 0.25) is 0 Å². The normalized spacial score (nSPS) is 12.5. The molecule has 0 saturated heterocycles. The molecule has 2 aromatic rings. The van der Waals surface area contributed by atoms with Crippen LogP contribution in [0.4, 0.5) is 11.4 Å². The van der Waals surface area contributed by atoms with Crippen LogP contribution in [0.3, 0.4) is 0 Å². The standard InChI is InChI=1S/C18H23N3O5S/c1-14(13-26-2)20-27(24,25)16-8-9-17(18(12-16)21(22)23)19-11-10-15-6-4-3-5-7-15/h3-9,12,14,19-20H,10-11,13H2,1-2H3. The zero-order chi connectivity index (χ0) is 19.9. The molecule has 146 valence electrons. The second kappa shape index (κ2) is 9.45. The maximum Gasteiger partial charge on any atom is 0.293 e. The summed E-state index contributed by atoms with van der Waals surface area (Å²) in [5, 5.41) is 14.4. The quantitative estimate of drug-likeness (QED) is 0.474. The van der Waals surface area contributed by atoms with E-state index in [1.165, 1.54) is 19.2 Å². The minimum atomic E-state index is -3.88. The Morgan fingerprint density at radius 1 is 1.19 bits per heavy atom. The molecular formula is C18H23N3O5S. The van der Waals surface area contributed by atoms with Crippen molar-refractivity contribution in [2.75, 3.05) is 25.6 Å². The molecule has 27 heavy (non-hydrogen) atoms. The molecule has 0 saturated carbocycles. The predicted octanol–water partition coefficient (Wildman–Crippen LogP) is 2.56. The molecule has 0 fully saturated rings. The highest BCUT2D eigenvalue weighted by Crippen LogP contribution is 2.27. The van der Waals surface area contributed by atoms with E-state index in [1.807, 2.05) is 30.3 Å². The zero-order valence-corrected chi connectivity index (χ0v) is 16.0. The van der Waals surface area contributed by atoms with Crippen LogP contribution in [0.15, 0.2) is 53.4 Å². The summed E-state index contributed by atoms with van der Waals surface area (Å²) >= 11 is 0. The van der Waals surface area contributed by atoms with Crippen molar-refractivity contribution < 1.29 is 18.1 Å². The van der Waals surface area contributed by atoms with Crippen LogP contribution in [-0.4, -0.2) is 39.6 Å². The van der Waals surface area contributed by atoms with Gasteiger partial charge in [0.2, 0.25) is 10.0 Å². The minimum absolute atomic E-state index is 0.161. The maximum absolute atomic E-state index is 12.4. The van der Waals surface area contributed by atoms with Gasteiger partial charge in [-0.15, -0.1) is 0 Å². The number of nitro groups is 1. The lowest BCUT2D eigenvalue weighted by atomic mass is 10.1. The molecular weight excluding hydrogens is 370 g/mol. The fourth-order valence-corrected chi connectivity index (χ4v) is 3.83. The topological polar surface area (TPSA) is 111 Å². The van der Waals surface area contributed by atoms with Crippen molar-refractivity contribution in [1.82, 2.24) is 4.72 Å². The molecule has 8 nitrogen and oxygen atoms in total. The molecule has 0 aliphatic rings. The lowest BCUT2D eigenvalue weighted by Gasteiger charge is -2.14. The van der Waals surface area contributed by atoms with Gasteiger partial charge in [-0.3, -0.25) is 10.1 Å². The Labute approximate surface area is 158 Å². The molecule has 1 atom stereocenters. The molecule has 9 heteroatoms. The smallest absolute Gasteiger partial charge is 0.293 e. The predicted molar refractivity (Wildman–Crippen MR) is 103 cm³/mol. The molecule has 0 aliphatic carbocycles. The molecule has 0 bridgehead atoms. The van der Waals surface area contributed by atoms with Gasteiger partial charge in [0.1, 0.15) is 5.69 Å². The number of nitrogens with zero attached hydrogens (tertiary/aromatic N) is 1. The average molecular weight is 393 g/mol. The van der Waals surface area contributed by atoms with Gasteiger partial charge in [-0.1, -0.05) is 30.3 Å². The molecule has 0 heterocycles. The van der Waals surface area contributed by atoms with Gasteiger partial charge in [-0.25, -0.2) is 13.1 Å². The Balaban J connectivity index is 2.15. The Kier molecular flexibility index (Phi) is 7.28. The van der Waals surface area contributed by atoms with Crippen molar-refractivity contribution in [3.8, 4) is 0 Å². The van der Waals surface area contributed by atoms with Crippen molar-refractivity contribution in [1.29, 1.82) is 0 Å². The molecule has 2 aromatic carbocycles. The fourth-order valence-electron chi connectivity index (χ4n) is 2.58. The zero-order valence-electron chi connectivity index (χ0n) is 15.2. The number of sulfonamides is 1. The highest BCUT2D eigenvalue weighted by atomic mass is 32.2. The third-order valence-corrected chi connectivity index (χ3v) is 5.41. The largest absolute Gasteiger partial charge is 0.383 e. The number of anilines is 1. The van der Waals surface area contributed by atoms with E-state index in [9.17, 15) is 18.5 Å². The van der Waals surface area contributed by atoms with E-state index in [0.29, 0.717) is 13.0 Å². The Morgan fingerprint density at radius 2 is 1.89 bits per heavy atom. The summed E-state index contributed by atoms with van der Waals surface area (Å²) in [6, 6.07) is 13.1. The van der Waals surface area contributed by atoms with Gasteiger partial charge >= 0.3 is 0 Å². The van der Waals surface area contributed by atoms with E-state index in [2.05, 4.69) is 10.0 Å². The van der Waals surface area contributed by atoms with Crippen molar-refractivity contribution in [2.45, 2.75) is 24.3 Å². The molecule has 2 N–H and O–H groups in total. The molecule has 2 rings (SSSR count). The fraction of sp³-hybridized carbons (Fsp3) is 0.333. The molecule has 0 spiro atoms. The van der Waals surface area contributed by atoms with Crippen molar-refractivity contribution in [3.63, 3.8) is 0 Å². The van der Waals surface area contributed by atoms with Crippen molar-refractivity contribution in [3.05, 3.63) is 64.2 Å². The third kappa shape index (κ3) is 6.02. The second-order valence-electron chi connectivity index (χ2n) is 6.08. The van der Waals surface area contributed by atoms with Crippen molar-refractivity contribution >= 4 is 21.4 Å². The van der Waals surface area contributed by atoms with Crippen LogP contribution in [0, 0.1) is 10.1 Å². The highest BCUT2D eigenvalue weighted by Gasteiger charge is 2.22. The molecule has 0 aromatic heterocycles. The monoisotopic (exact) mass is 393 g/mol. The van der Waals surface area contributed by atoms with Gasteiger partial charge in [-0.05, 0) is 31.0 Å². The van der Waals surface area contributed by atoms with E-state index in [-0.39, 0.29) is 22.9 Å². The number of benzene rings is 2. The minimum Gasteiger partial charge on any atom is -0.383 e. The summed E-state index contributed by atoms with van der Waals surface area (Å²) in [7, 11) is -2.42. The van der Waals surface area contributed by atoms with Gasteiger partial charge in [0, 0.05) is 25.8 Å². The van der Waals surface area contributed by atoms with Gasteiger partial charge in [0.05, 0.1) is 16.4 Å². The molecule has 0 aliphatic heterocycles. The summed E-state index contributed by atoms with van der Waals surface area (Å²) in [5.74, 6) is 0. The van der Waals surface area contributed by atoms with Crippen LogP contribution in [0.25, 0.3) is 0 Å². The first-order valence-corrected chi connectivity index (χ1v) is 9.89. The lowest BCUT2D eigenvalue weighted by Crippen LogP contribution is -2.35. The van der Waals surface area contributed by atoms with Crippen LogP contribution >= 0.6 is 0 Å². The number of nitrogens with one attached hydrogen (secondary N) is 2. The van der Waals surface area contributed by atoms with Crippen LogP contribution in [0.5, 0.6) is 0 Å². The van der Waals surface area contributed by atoms with Gasteiger partial charge in [-0.2, -0.15) is 0 Å². The first kappa shape index (κ1) is 20.8.